The lowest BCUT2D eigenvalue weighted by Crippen LogP contribution is -2.46. The second-order valence-electron chi connectivity index (χ2n) is 4.47. The van der Waals surface area contributed by atoms with Crippen molar-refractivity contribution in [1.29, 1.82) is 0 Å². The molecule has 1 aliphatic rings. The number of rotatable bonds is 2. The van der Waals surface area contributed by atoms with Crippen LogP contribution in [0.1, 0.15) is 31.5 Å². The molecule has 0 aromatic carbocycles. The molecule has 1 atom stereocenters. The number of hydrogen-bond donors (Lipinski definition) is 2. The van der Waals surface area contributed by atoms with Gasteiger partial charge in [0.2, 0.25) is 5.13 Å². The molecule has 1 saturated heterocycles. The van der Waals surface area contributed by atoms with Crippen LogP contribution in [0.5, 0.6) is 0 Å². The Morgan fingerprint density at radius 2 is 2.21 bits per heavy atom. The molecule has 0 aliphatic carbocycles. The molecule has 0 radical (unpaired) electrons. The lowest BCUT2D eigenvalue weighted by Gasteiger charge is -2.26. The summed E-state index contributed by atoms with van der Waals surface area (Å²) in [7, 11) is 0. The van der Waals surface area contributed by atoms with Crippen molar-refractivity contribution in [2.24, 2.45) is 0 Å². The van der Waals surface area contributed by atoms with Gasteiger partial charge in [-0.3, -0.25) is 5.32 Å². The number of carbonyl (C=O) groups excluding carboxylic acids is 1. The number of carbonyl (C=O) groups is 2. The van der Waals surface area contributed by atoms with Gasteiger partial charge < -0.3 is 10.0 Å². The van der Waals surface area contributed by atoms with E-state index in [4.69, 9.17) is 0 Å². The van der Waals surface area contributed by atoms with Gasteiger partial charge in [0, 0.05) is 18.1 Å². The fraction of sp³-hybridized carbons (Fsp3) is 0.636. The van der Waals surface area contributed by atoms with E-state index in [1.807, 2.05) is 0 Å². The molecule has 0 bridgehead atoms. The summed E-state index contributed by atoms with van der Waals surface area (Å²) in [4.78, 5) is 28.8. The van der Waals surface area contributed by atoms with Crippen LogP contribution < -0.4 is 5.32 Å². The quantitative estimate of drug-likeness (QED) is 0.862. The van der Waals surface area contributed by atoms with Crippen molar-refractivity contribution in [1.82, 2.24) is 14.3 Å². The number of carboxylic acids is 1. The van der Waals surface area contributed by atoms with Crippen LogP contribution in [0.15, 0.2) is 0 Å². The summed E-state index contributed by atoms with van der Waals surface area (Å²) in [6, 6.07) is -1.16. The number of nitrogens with one attached hydrogen (secondary N) is 1. The predicted molar refractivity (Wildman–Crippen MR) is 70.3 cm³/mol. The van der Waals surface area contributed by atoms with Crippen LogP contribution in [0.2, 0.25) is 0 Å². The summed E-state index contributed by atoms with van der Waals surface area (Å²) in [6.45, 7) is 2.19. The molecule has 2 heterocycles. The van der Waals surface area contributed by atoms with E-state index in [-0.39, 0.29) is 0 Å². The number of urea groups is 1. The van der Waals surface area contributed by atoms with Gasteiger partial charge in [-0.05, 0) is 19.8 Å². The molecule has 1 unspecified atom stereocenters. The summed E-state index contributed by atoms with van der Waals surface area (Å²) in [6.07, 6.45) is 3.11. The molecule has 1 aromatic rings. The Hall–Kier alpha value is -1.70. The highest BCUT2D eigenvalue weighted by Gasteiger charge is 2.31. The van der Waals surface area contributed by atoms with Gasteiger partial charge in [0.05, 0.1) is 0 Å². The number of anilines is 1. The normalized spacial score (nSPS) is 19.8. The Morgan fingerprint density at radius 3 is 2.84 bits per heavy atom. The van der Waals surface area contributed by atoms with Gasteiger partial charge in [0.25, 0.3) is 0 Å². The van der Waals surface area contributed by atoms with Gasteiger partial charge in [-0.1, -0.05) is 12.8 Å². The van der Waals surface area contributed by atoms with Crippen LogP contribution in [0.3, 0.4) is 0 Å². The maximum absolute atomic E-state index is 12.1. The average Bonchev–Trinajstić information content (AvgIpc) is 2.65. The Balaban J connectivity index is 2.08. The van der Waals surface area contributed by atoms with Crippen LogP contribution >= 0.6 is 11.5 Å². The van der Waals surface area contributed by atoms with Crippen molar-refractivity contribution in [2.45, 2.75) is 38.6 Å². The number of aromatic nitrogens is 2. The first-order valence-corrected chi connectivity index (χ1v) is 6.96. The Bertz CT molecular complexity index is 476. The zero-order valence-electron chi connectivity index (χ0n) is 10.6. The first-order chi connectivity index (χ1) is 9.08. The van der Waals surface area contributed by atoms with Crippen molar-refractivity contribution >= 4 is 28.7 Å². The van der Waals surface area contributed by atoms with Gasteiger partial charge in [-0.2, -0.15) is 4.37 Å². The Morgan fingerprint density at radius 1 is 1.42 bits per heavy atom. The minimum absolute atomic E-state index is 0.399. The van der Waals surface area contributed by atoms with Crippen LogP contribution in [0.4, 0.5) is 9.93 Å². The summed E-state index contributed by atoms with van der Waals surface area (Å²) in [5.74, 6) is -0.364. The van der Waals surface area contributed by atoms with E-state index < -0.39 is 18.0 Å². The summed E-state index contributed by atoms with van der Waals surface area (Å²) in [5.41, 5.74) is 0. The van der Waals surface area contributed by atoms with E-state index in [0.29, 0.717) is 23.9 Å². The largest absolute Gasteiger partial charge is 0.480 e. The van der Waals surface area contributed by atoms with E-state index in [0.717, 1.165) is 30.8 Å². The van der Waals surface area contributed by atoms with Gasteiger partial charge in [0.1, 0.15) is 11.9 Å². The number of carboxylic acid groups (broad SMARTS) is 1. The number of amides is 2. The molecule has 2 amide bonds. The summed E-state index contributed by atoms with van der Waals surface area (Å²) in [5, 5.41) is 12.2. The van der Waals surface area contributed by atoms with Gasteiger partial charge >= 0.3 is 12.0 Å². The molecule has 2 N–H and O–H groups in total. The van der Waals surface area contributed by atoms with Crippen LogP contribution in [-0.4, -0.2) is 44.0 Å². The van der Waals surface area contributed by atoms with Crippen LogP contribution in [-0.2, 0) is 4.79 Å². The zero-order chi connectivity index (χ0) is 13.8. The fourth-order valence-electron chi connectivity index (χ4n) is 2.12. The van der Waals surface area contributed by atoms with E-state index >= 15 is 0 Å². The lowest BCUT2D eigenvalue weighted by molar-refractivity contribution is -0.142. The Kier molecular flexibility index (Phi) is 4.31. The highest BCUT2D eigenvalue weighted by Crippen LogP contribution is 2.19. The second kappa shape index (κ2) is 5.96. The average molecular weight is 284 g/mol. The summed E-state index contributed by atoms with van der Waals surface area (Å²) >= 11 is 1.09. The fourth-order valence-corrected chi connectivity index (χ4v) is 2.68. The molecule has 1 aliphatic heterocycles. The number of likely N-dealkylation sites (tertiary alicyclic amines) is 1. The number of aliphatic carboxylic acids is 1. The molecule has 0 spiro atoms. The van der Waals surface area contributed by atoms with E-state index in [9.17, 15) is 14.7 Å². The minimum Gasteiger partial charge on any atom is -0.480 e. The van der Waals surface area contributed by atoms with Crippen molar-refractivity contribution < 1.29 is 14.7 Å². The Labute approximate surface area is 114 Å². The molecule has 1 aromatic heterocycles. The highest BCUT2D eigenvalue weighted by atomic mass is 32.1. The molecule has 19 heavy (non-hydrogen) atoms. The van der Waals surface area contributed by atoms with E-state index in [1.54, 1.807) is 6.92 Å². The molecular weight excluding hydrogens is 268 g/mol. The number of hydrogen-bond acceptors (Lipinski definition) is 5. The molecule has 1 fully saturated rings. The van der Waals surface area contributed by atoms with Crippen molar-refractivity contribution in [3.63, 3.8) is 0 Å². The molecular formula is C11H16N4O3S. The third kappa shape index (κ3) is 3.40. The standard InChI is InChI=1S/C11H16N4O3S/c1-7-12-10(19-14-7)13-11(18)15-6-4-2-3-5-8(15)9(16)17/h8H,2-6H2,1H3,(H,16,17)(H,12,13,14,18). The zero-order valence-corrected chi connectivity index (χ0v) is 11.4. The highest BCUT2D eigenvalue weighted by molar-refractivity contribution is 7.09. The molecule has 7 nitrogen and oxygen atoms in total. The van der Waals surface area contributed by atoms with Crippen molar-refractivity contribution in [3.8, 4) is 0 Å². The smallest absolute Gasteiger partial charge is 0.326 e. The third-order valence-corrected chi connectivity index (χ3v) is 3.76. The maximum atomic E-state index is 12.1. The number of nitrogens with zero attached hydrogens (tertiary/aromatic N) is 3. The van der Waals surface area contributed by atoms with E-state index in [2.05, 4.69) is 14.7 Å². The molecule has 8 heteroatoms. The number of aryl methyl sites for hydroxylation is 1. The maximum Gasteiger partial charge on any atom is 0.326 e. The van der Waals surface area contributed by atoms with Crippen molar-refractivity contribution in [2.75, 3.05) is 11.9 Å². The third-order valence-electron chi connectivity index (χ3n) is 3.04. The molecule has 0 saturated carbocycles. The minimum atomic E-state index is -0.953. The van der Waals surface area contributed by atoms with Gasteiger partial charge in [-0.15, -0.1) is 0 Å². The van der Waals surface area contributed by atoms with E-state index in [1.165, 1.54) is 4.90 Å². The first kappa shape index (κ1) is 13.7. The summed E-state index contributed by atoms with van der Waals surface area (Å²) < 4.78 is 3.97. The lowest BCUT2D eigenvalue weighted by atomic mass is 10.1. The van der Waals surface area contributed by atoms with Crippen LogP contribution in [0.25, 0.3) is 0 Å². The topological polar surface area (TPSA) is 95.4 Å². The molecule has 2 rings (SSSR count). The van der Waals surface area contributed by atoms with Crippen molar-refractivity contribution in [3.05, 3.63) is 5.82 Å². The predicted octanol–water partition coefficient (Wildman–Crippen LogP) is 1.71. The second-order valence-corrected chi connectivity index (χ2v) is 5.23. The monoisotopic (exact) mass is 284 g/mol. The van der Waals surface area contributed by atoms with Gasteiger partial charge in [0.15, 0.2) is 0 Å². The molecule has 104 valence electrons. The SMILES string of the molecule is Cc1nsc(NC(=O)N2CCCCCC2C(=O)O)n1. The first-order valence-electron chi connectivity index (χ1n) is 6.18. The van der Waals surface area contributed by atoms with Crippen LogP contribution in [0, 0.1) is 6.92 Å². The van der Waals surface area contributed by atoms with Gasteiger partial charge in [-0.25, -0.2) is 14.6 Å².